The van der Waals surface area contributed by atoms with Crippen molar-refractivity contribution in [2.24, 2.45) is 17.3 Å². The zero-order valence-electron chi connectivity index (χ0n) is 10.7. The van der Waals surface area contributed by atoms with Crippen molar-refractivity contribution in [3.05, 3.63) is 35.9 Å². The summed E-state index contributed by atoms with van der Waals surface area (Å²) in [6.07, 6.45) is 0. The number of ketones is 1. The van der Waals surface area contributed by atoms with Crippen LogP contribution in [0.15, 0.2) is 30.3 Å². The van der Waals surface area contributed by atoms with Crippen LogP contribution in [0.2, 0.25) is 0 Å². The van der Waals surface area contributed by atoms with E-state index in [2.05, 4.69) is 0 Å². The predicted octanol–water partition coefficient (Wildman–Crippen LogP) is 2.20. The van der Waals surface area contributed by atoms with Crippen LogP contribution in [-0.4, -0.2) is 5.78 Å². The topological polar surface area (TPSA) is 112 Å². The Bertz CT molecular complexity index is 639. The molecule has 0 radical (unpaired) electrons. The number of Topliss-reactive ketones (excluding diaryl/α,β-unsaturated/α-hetero) is 1. The largest absolute Gasteiger partial charge is 0.294 e. The van der Waals surface area contributed by atoms with Gasteiger partial charge < -0.3 is 0 Å². The number of nitrogens with zero attached hydrogens (tertiary/aromatic N) is 4. The van der Waals surface area contributed by atoms with Crippen LogP contribution in [0, 0.1) is 62.6 Å². The lowest BCUT2D eigenvalue weighted by Crippen LogP contribution is -2.37. The zero-order chi connectivity index (χ0) is 15.2. The fourth-order valence-electron chi connectivity index (χ4n) is 1.89. The summed E-state index contributed by atoms with van der Waals surface area (Å²) >= 11 is 0. The van der Waals surface area contributed by atoms with E-state index in [1.165, 1.54) is 6.92 Å². The lowest BCUT2D eigenvalue weighted by molar-refractivity contribution is 0.0864. The first-order valence-corrected chi connectivity index (χ1v) is 5.78. The van der Waals surface area contributed by atoms with Gasteiger partial charge in [-0.25, -0.2) is 0 Å². The fraction of sp³-hybridized carbons (Fsp3) is 0.267. The molecular weight excluding hydrogens is 252 g/mol. The van der Waals surface area contributed by atoms with E-state index in [-0.39, 0.29) is 0 Å². The molecule has 0 aliphatic rings. The first-order valence-electron chi connectivity index (χ1n) is 5.78. The number of carbonyl (C=O) groups is 1. The van der Waals surface area contributed by atoms with Gasteiger partial charge in [0, 0.05) is 5.56 Å². The number of benzene rings is 1. The SMILES string of the molecule is CC(C(=O)c1ccccc1)C(C#N)(C#N)C(C#N)C#N. The van der Waals surface area contributed by atoms with Crippen molar-refractivity contribution in [2.45, 2.75) is 6.92 Å². The minimum Gasteiger partial charge on any atom is -0.294 e. The Kier molecular flexibility index (Phi) is 4.58. The molecule has 1 rings (SSSR count). The van der Waals surface area contributed by atoms with Gasteiger partial charge in [0.25, 0.3) is 0 Å². The maximum atomic E-state index is 12.3. The highest BCUT2D eigenvalue weighted by molar-refractivity contribution is 5.98. The van der Waals surface area contributed by atoms with Crippen molar-refractivity contribution >= 4 is 5.78 Å². The standard InChI is InChI=1S/C15H10N4O/c1-11(14(20)12-5-3-2-4-6-12)15(9-18,10-19)13(7-16)8-17/h2-6,11,13H,1H3. The number of nitriles is 4. The van der Waals surface area contributed by atoms with Gasteiger partial charge >= 0.3 is 0 Å². The molecule has 0 aliphatic heterocycles. The lowest BCUT2D eigenvalue weighted by Gasteiger charge is -2.25. The Labute approximate surface area is 116 Å². The van der Waals surface area contributed by atoms with Crippen LogP contribution in [-0.2, 0) is 0 Å². The van der Waals surface area contributed by atoms with E-state index in [4.69, 9.17) is 10.5 Å². The molecule has 1 atom stereocenters. The fourth-order valence-corrected chi connectivity index (χ4v) is 1.89. The summed E-state index contributed by atoms with van der Waals surface area (Å²) in [5.74, 6) is -3.01. The van der Waals surface area contributed by atoms with Crippen molar-refractivity contribution in [2.75, 3.05) is 0 Å². The number of rotatable bonds is 4. The van der Waals surface area contributed by atoms with Crippen LogP contribution in [0.4, 0.5) is 0 Å². The molecule has 1 aromatic carbocycles. The summed E-state index contributed by atoms with van der Waals surface area (Å²) < 4.78 is 0. The van der Waals surface area contributed by atoms with Crippen molar-refractivity contribution < 1.29 is 4.79 Å². The van der Waals surface area contributed by atoms with E-state index in [1.54, 1.807) is 54.6 Å². The van der Waals surface area contributed by atoms with Crippen LogP contribution in [0.5, 0.6) is 0 Å². The van der Waals surface area contributed by atoms with Crippen molar-refractivity contribution in [1.82, 2.24) is 0 Å². The third kappa shape index (κ3) is 2.35. The van der Waals surface area contributed by atoms with E-state index >= 15 is 0 Å². The predicted molar refractivity (Wildman–Crippen MR) is 68.3 cm³/mol. The van der Waals surface area contributed by atoms with Gasteiger partial charge in [0.1, 0.15) is 0 Å². The van der Waals surface area contributed by atoms with Crippen molar-refractivity contribution in [1.29, 1.82) is 21.0 Å². The van der Waals surface area contributed by atoms with Gasteiger partial charge in [0.05, 0.1) is 30.2 Å². The Balaban J connectivity index is 3.30. The van der Waals surface area contributed by atoms with E-state index < -0.39 is 23.0 Å². The first-order chi connectivity index (χ1) is 9.57. The van der Waals surface area contributed by atoms with Gasteiger partial charge in [-0.1, -0.05) is 37.3 Å². The molecule has 0 fully saturated rings. The van der Waals surface area contributed by atoms with Crippen LogP contribution in [0.25, 0.3) is 0 Å². The molecule has 5 heteroatoms. The third-order valence-corrected chi connectivity index (χ3v) is 3.22. The first kappa shape index (κ1) is 14.9. The molecule has 1 unspecified atom stereocenters. The second-order valence-corrected chi connectivity index (χ2v) is 4.24. The molecule has 0 amide bonds. The Morgan fingerprint density at radius 2 is 1.55 bits per heavy atom. The summed E-state index contributed by atoms with van der Waals surface area (Å²) in [4.78, 5) is 12.3. The van der Waals surface area contributed by atoms with Gasteiger partial charge in [0.2, 0.25) is 0 Å². The van der Waals surface area contributed by atoms with Crippen molar-refractivity contribution in [3.63, 3.8) is 0 Å². The molecule has 0 aliphatic carbocycles. The van der Waals surface area contributed by atoms with Crippen LogP contribution < -0.4 is 0 Å². The van der Waals surface area contributed by atoms with E-state index in [9.17, 15) is 15.3 Å². The second kappa shape index (κ2) is 6.14. The molecule has 96 valence electrons. The van der Waals surface area contributed by atoms with Gasteiger partial charge in [-0.2, -0.15) is 21.0 Å². The van der Waals surface area contributed by atoms with E-state index in [0.29, 0.717) is 5.56 Å². The monoisotopic (exact) mass is 262 g/mol. The summed E-state index contributed by atoms with van der Waals surface area (Å²) in [5, 5.41) is 36.4. The maximum absolute atomic E-state index is 12.3. The summed E-state index contributed by atoms with van der Waals surface area (Å²) in [5.41, 5.74) is -1.64. The number of hydrogen-bond acceptors (Lipinski definition) is 5. The zero-order valence-corrected chi connectivity index (χ0v) is 10.7. The highest BCUT2D eigenvalue weighted by Crippen LogP contribution is 2.36. The normalized spacial score (nSPS) is 11.5. The minimum absolute atomic E-state index is 0.338. The Morgan fingerprint density at radius 1 is 1.05 bits per heavy atom. The molecule has 0 saturated heterocycles. The smallest absolute Gasteiger partial charge is 0.182 e. The average molecular weight is 262 g/mol. The molecule has 5 nitrogen and oxygen atoms in total. The quantitative estimate of drug-likeness (QED) is 0.772. The maximum Gasteiger partial charge on any atom is 0.182 e. The van der Waals surface area contributed by atoms with Gasteiger partial charge in [0.15, 0.2) is 17.1 Å². The van der Waals surface area contributed by atoms with E-state index in [1.807, 2.05) is 0 Å². The molecule has 1 aromatic rings. The lowest BCUT2D eigenvalue weighted by atomic mass is 9.67. The summed E-state index contributed by atoms with van der Waals surface area (Å²) in [6.45, 7) is 1.39. The molecule has 0 aromatic heterocycles. The summed E-state index contributed by atoms with van der Waals surface area (Å²) in [6, 6.07) is 14.8. The molecule has 0 saturated carbocycles. The summed E-state index contributed by atoms with van der Waals surface area (Å²) in [7, 11) is 0. The van der Waals surface area contributed by atoms with Gasteiger partial charge in [-0.15, -0.1) is 0 Å². The number of hydrogen-bond donors (Lipinski definition) is 0. The van der Waals surface area contributed by atoms with Gasteiger partial charge in [-0.3, -0.25) is 4.79 Å². The average Bonchev–Trinajstić information content (AvgIpc) is 2.52. The molecular formula is C15H10N4O. The van der Waals surface area contributed by atoms with Crippen molar-refractivity contribution in [3.8, 4) is 24.3 Å². The number of carbonyl (C=O) groups excluding carboxylic acids is 1. The molecule has 0 spiro atoms. The Morgan fingerprint density at radius 3 is 1.95 bits per heavy atom. The third-order valence-electron chi connectivity index (χ3n) is 3.22. The Hall–Kier alpha value is -3.15. The van der Waals surface area contributed by atoms with Crippen LogP contribution in [0.1, 0.15) is 17.3 Å². The van der Waals surface area contributed by atoms with Crippen LogP contribution in [0.3, 0.4) is 0 Å². The molecule has 0 N–H and O–H groups in total. The second-order valence-electron chi connectivity index (χ2n) is 4.24. The van der Waals surface area contributed by atoms with E-state index in [0.717, 1.165) is 0 Å². The van der Waals surface area contributed by atoms with Gasteiger partial charge in [-0.05, 0) is 0 Å². The highest BCUT2D eigenvalue weighted by Gasteiger charge is 2.48. The molecule has 20 heavy (non-hydrogen) atoms. The molecule has 0 heterocycles. The molecule has 0 bridgehead atoms. The van der Waals surface area contributed by atoms with Crippen LogP contribution >= 0.6 is 0 Å². The minimum atomic E-state index is -1.98. The highest BCUT2D eigenvalue weighted by atomic mass is 16.1.